The van der Waals surface area contributed by atoms with Crippen LogP contribution in [0.25, 0.3) is 21.9 Å². The number of ether oxygens (including phenoxy) is 2. The number of hydrogen-bond acceptors (Lipinski definition) is 5. The van der Waals surface area contributed by atoms with Crippen LogP contribution >= 0.6 is 0 Å². The average molecular weight is 505 g/mol. The van der Waals surface area contributed by atoms with Crippen molar-refractivity contribution in [3.8, 4) is 11.5 Å². The second-order valence-electron chi connectivity index (χ2n) is 8.48. The standard InChI is InChI=1S/C26H27F3N2O5/c1-2-5-19-22(10-8-20-24(19)36-30-25(20)26(27,28)29)35-15-4-12-31-13-11-17-16-18(7-9-21(17)31)34-14-3-6-23(32)33/h7-11,13,16H,2-6,12,14-15H2,1H3,(H,32,33). The molecule has 4 rings (SSSR count). The third-order valence-corrected chi connectivity index (χ3v) is 5.82. The maximum atomic E-state index is 13.2. The second kappa shape index (κ2) is 10.9. The van der Waals surface area contributed by atoms with Crippen LogP contribution in [0.15, 0.2) is 47.1 Å². The van der Waals surface area contributed by atoms with Gasteiger partial charge < -0.3 is 23.7 Å². The summed E-state index contributed by atoms with van der Waals surface area (Å²) in [6, 6.07) is 10.6. The normalized spacial score (nSPS) is 11.9. The van der Waals surface area contributed by atoms with Gasteiger partial charge in [0.25, 0.3) is 0 Å². The summed E-state index contributed by atoms with van der Waals surface area (Å²) < 4.78 is 58.3. The van der Waals surface area contributed by atoms with Crippen molar-refractivity contribution in [2.45, 2.75) is 51.7 Å². The van der Waals surface area contributed by atoms with Gasteiger partial charge in [0.2, 0.25) is 0 Å². The van der Waals surface area contributed by atoms with Crippen molar-refractivity contribution in [1.82, 2.24) is 9.72 Å². The van der Waals surface area contributed by atoms with Crippen LogP contribution in [0.2, 0.25) is 0 Å². The molecule has 192 valence electrons. The van der Waals surface area contributed by atoms with Crippen molar-refractivity contribution in [3.63, 3.8) is 0 Å². The van der Waals surface area contributed by atoms with Gasteiger partial charge in [-0.25, -0.2) is 0 Å². The Bertz CT molecular complexity index is 1340. The van der Waals surface area contributed by atoms with Crippen molar-refractivity contribution in [2.24, 2.45) is 0 Å². The maximum Gasteiger partial charge on any atom is 0.437 e. The van der Waals surface area contributed by atoms with Crippen LogP contribution in [0, 0.1) is 0 Å². The third-order valence-electron chi connectivity index (χ3n) is 5.82. The van der Waals surface area contributed by atoms with Crippen LogP contribution in [0.3, 0.4) is 0 Å². The van der Waals surface area contributed by atoms with Crippen LogP contribution in [0.4, 0.5) is 13.2 Å². The Morgan fingerprint density at radius 1 is 1.11 bits per heavy atom. The predicted molar refractivity (Wildman–Crippen MR) is 127 cm³/mol. The van der Waals surface area contributed by atoms with Gasteiger partial charge in [0.05, 0.1) is 18.6 Å². The molecule has 0 unspecified atom stereocenters. The minimum atomic E-state index is -4.58. The largest absolute Gasteiger partial charge is 0.494 e. The summed E-state index contributed by atoms with van der Waals surface area (Å²) in [5.74, 6) is 0.357. The summed E-state index contributed by atoms with van der Waals surface area (Å²) in [6.45, 7) is 3.35. The molecule has 0 saturated heterocycles. The van der Waals surface area contributed by atoms with E-state index in [2.05, 4.69) is 9.72 Å². The molecule has 2 aromatic heterocycles. The van der Waals surface area contributed by atoms with E-state index >= 15 is 0 Å². The fourth-order valence-electron chi connectivity index (χ4n) is 4.16. The Labute approximate surface area is 205 Å². The van der Waals surface area contributed by atoms with Crippen LogP contribution < -0.4 is 9.47 Å². The number of aromatic nitrogens is 2. The molecule has 2 heterocycles. The lowest BCUT2D eigenvalue weighted by Crippen LogP contribution is -2.06. The second-order valence-corrected chi connectivity index (χ2v) is 8.48. The Kier molecular flexibility index (Phi) is 7.71. The van der Waals surface area contributed by atoms with Crippen molar-refractivity contribution in [1.29, 1.82) is 0 Å². The van der Waals surface area contributed by atoms with Crippen LogP contribution in [0.5, 0.6) is 11.5 Å². The van der Waals surface area contributed by atoms with Gasteiger partial charge in [0.15, 0.2) is 11.3 Å². The average Bonchev–Trinajstić information content (AvgIpc) is 3.45. The van der Waals surface area contributed by atoms with Crippen molar-refractivity contribution < 1.29 is 37.1 Å². The molecule has 7 nitrogen and oxygen atoms in total. The Hall–Kier alpha value is -3.69. The number of aryl methyl sites for hydroxylation is 2. The molecule has 0 aliphatic rings. The van der Waals surface area contributed by atoms with E-state index in [9.17, 15) is 18.0 Å². The lowest BCUT2D eigenvalue weighted by atomic mass is 10.0. The first-order valence-corrected chi connectivity index (χ1v) is 11.8. The van der Waals surface area contributed by atoms with Crippen molar-refractivity contribution >= 4 is 27.8 Å². The van der Waals surface area contributed by atoms with Crippen molar-refractivity contribution in [3.05, 3.63) is 53.9 Å². The molecule has 0 saturated carbocycles. The number of benzene rings is 2. The van der Waals surface area contributed by atoms with Crippen LogP contribution in [-0.4, -0.2) is 34.0 Å². The highest BCUT2D eigenvalue weighted by atomic mass is 19.4. The molecule has 10 heteroatoms. The number of aliphatic carboxylic acids is 1. The van der Waals surface area contributed by atoms with E-state index in [0.29, 0.717) is 56.1 Å². The Morgan fingerprint density at radius 2 is 1.92 bits per heavy atom. The minimum Gasteiger partial charge on any atom is -0.494 e. The number of rotatable bonds is 12. The van der Waals surface area contributed by atoms with E-state index in [0.717, 1.165) is 17.3 Å². The zero-order valence-corrected chi connectivity index (χ0v) is 19.8. The molecule has 0 amide bonds. The zero-order chi connectivity index (χ0) is 25.7. The summed E-state index contributed by atoms with van der Waals surface area (Å²) >= 11 is 0. The number of carboxylic acids is 1. The molecule has 2 aromatic carbocycles. The topological polar surface area (TPSA) is 86.7 Å². The minimum absolute atomic E-state index is 0.0534. The number of alkyl halides is 3. The SMILES string of the molecule is CCCc1c(OCCCn2ccc3cc(OCCCC(=O)O)ccc32)ccc2c(C(F)(F)F)noc12. The zero-order valence-electron chi connectivity index (χ0n) is 19.8. The van der Waals surface area contributed by atoms with E-state index in [-0.39, 0.29) is 17.4 Å². The van der Waals surface area contributed by atoms with E-state index in [1.807, 2.05) is 37.4 Å². The number of halogens is 3. The quantitative estimate of drug-likeness (QED) is 0.223. The molecule has 36 heavy (non-hydrogen) atoms. The molecule has 0 atom stereocenters. The molecule has 0 bridgehead atoms. The summed E-state index contributed by atoms with van der Waals surface area (Å²) in [6.07, 6.45) is -0.168. The highest BCUT2D eigenvalue weighted by Gasteiger charge is 2.37. The predicted octanol–water partition coefficient (Wildman–Crippen LogP) is 6.47. The van der Waals surface area contributed by atoms with Gasteiger partial charge >= 0.3 is 12.1 Å². The molecular formula is C26H27F3N2O5. The highest BCUT2D eigenvalue weighted by molar-refractivity contribution is 5.85. The number of carboxylic acid groups (broad SMARTS) is 1. The van der Waals surface area contributed by atoms with Crippen molar-refractivity contribution in [2.75, 3.05) is 13.2 Å². The van der Waals surface area contributed by atoms with Gasteiger partial charge in [-0.05, 0) is 55.7 Å². The molecule has 0 fully saturated rings. The number of hydrogen-bond donors (Lipinski definition) is 1. The fourth-order valence-corrected chi connectivity index (χ4v) is 4.16. The first kappa shape index (κ1) is 25.4. The molecule has 1 N–H and O–H groups in total. The summed E-state index contributed by atoms with van der Waals surface area (Å²) in [4.78, 5) is 10.6. The molecule has 0 aliphatic carbocycles. The smallest absolute Gasteiger partial charge is 0.437 e. The number of fused-ring (bicyclic) bond motifs is 2. The first-order valence-electron chi connectivity index (χ1n) is 11.8. The monoisotopic (exact) mass is 504 g/mol. The Balaban J connectivity index is 1.37. The van der Waals surface area contributed by atoms with E-state index in [1.54, 1.807) is 6.07 Å². The van der Waals surface area contributed by atoms with Gasteiger partial charge in [-0.2, -0.15) is 13.2 Å². The molecular weight excluding hydrogens is 477 g/mol. The van der Waals surface area contributed by atoms with Crippen LogP contribution in [-0.2, 0) is 23.9 Å². The van der Waals surface area contributed by atoms with Gasteiger partial charge in [0, 0.05) is 35.6 Å². The van der Waals surface area contributed by atoms with Gasteiger partial charge in [0.1, 0.15) is 11.5 Å². The maximum absolute atomic E-state index is 13.2. The van der Waals surface area contributed by atoms with Gasteiger partial charge in [-0.3, -0.25) is 4.79 Å². The van der Waals surface area contributed by atoms with Crippen LogP contribution in [0.1, 0.15) is 43.9 Å². The van der Waals surface area contributed by atoms with E-state index < -0.39 is 17.8 Å². The fraction of sp³-hybridized carbons (Fsp3) is 0.385. The summed E-state index contributed by atoms with van der Waals surface area (Å²) in [7, 11) is 0. The summed E-state index contributed by atoms with van der Waals surface area (Å²) in [5.41, 5.74) is 0.733. The summed E-state index contributed by atoms with van der Waals surface area (Å²) in [5, 5.41) is 12.9. The number of nitrogens with zero attached hydrogens (tertiary/aromatic N) is 2. The molecule has 0 spiro atoms. The third kappa shape index (κ3) is 5.75. The lowest BCUT2D eigenvalue weighted by Gasteiger charge is -2.12. The highest BCUT2D eigenvalue weighted by Crippen LogP contribution is 2.38. The first-order chi connectivity index (χ1) is 17.3. The Morgan fingerprint density at radius 3 is 2.67 bits per heavy atom. The van der Waals surface area contributed by atoms with Gasteiger partial charge in [-0.1, -0.05) is 18.5 Å². The van der Waals surface area contributed by atoms with E-state index in [1.165, 1.54) is 6.07 Å². The van der Waals surface area contributed by atoms with Gasteiger partial charge in [-0.15, -0.1) is 0 Å². The molecule has 0 radical (unpaired) electrons. The van der Waals surface area contributed by atoms with E-state index in [4.69, 9.17) is 19.1 Å². The molecule has 4 aromatic rings. The molecule has 0 aliphatic heterocycles. The lowest BCUT2D eigenvalue weighted by molar-refractivity contribution is -0.141. The number of carbonyl (C=O) groups is 1.